The number of phenols is 1. The van der Waals surface area contributed by atoms with Gasteiger partial charge in [0.25, 0.3) is 0 Å². The molecule has 2 nitrogen and oxygen atoms in total. The molecule has 0 atom stereocenters. The number of nitrogens with two attached hydrogens (primary N) is 1. The number of rotatable bonds is 4. The fourth-order valence-electron chi connectivity index (χ4n) is 1.56. The molecule has 2 aromatic carbocycles. The van der Waals surface area contributed by atoms with Crippen LogP contribution in [0.15, 0.2) is 42.5 Å². The van der Waals surface area contributed by atoms with E-state index in [2.05, 4.69) is 0 Å². The van der Waals surface area contributed by atoms with Crippen LogP contribution in [0.2, 0.25) is 5.02 Å². The molecule has 0 saturated carbocycles. The molecule has 2 rings (SSSR count). The van der Waals surface area contributed by atoms with Gasteiger partial charge in [0.15, 0.2) is 0 Å². The maximum atomic E-state index is 9.33. The Balaban J connectivity index is 1.88. The lowest BCUT2D eigenvalue weighted by Gasteiger charge is -2.05. The van der Waals surface area contributed by atoms with E-state index in [0.29, 0.717) is 5.69 Å². The van der Waals surface area contributed by atoms with E-state index in [1.54, 1.807) is 17.8 Å². The quantitative estimate of drug-likeness (QED) is 0.655. The van der Waals surface area contributed by atoms with Gasteiger partial charge in [-0.3, -0.25) is 0 Å². The summed E-state index contributed by atoms with van der Waals surface area (Å²) in [5.74, 6) is 1.94. The molecular formula is C14H14ClNOS. The van der Waals surface area contributed by atoms with Crippen molar-refractivity contribution in [3.8, 4) is 5.75 Å². The number of halogens is 1. The van der Waals surface area contributed by atoms with E-state index in [-0.39, 0.29) is 5.75 Å². The highest BCUT2D eigenvalue weighted by molar-refractivity contribution is 7.97. The third-order valence-electron chi connectivity index (χ3n) is 2.54. The van der Waals surface area contributed by atoms with Crippen molar-refractivity contribution in [3.05, 3.63) is 58.6 Å². The van der Waals surface area contributed by atoms with Gasteiger partial charge in [0.2, 0.25) is 0 Å². The van der Waals surface area contributed by atoms with Crippen molar-refractivity contribution in [2.45, 2.75) is 11.5 Å². The summed E-state index contributed by atoms with van der Waals surface area (Å²) in [6, 6.07) is 13.2. The molecule has 0 aliphatic heterocycles. The van der Waals surface area contributed by atoms with Gasteiger partial charge in [-0.1, -0.05) is 29.8 Å². The van der Waals surface area contributed by atoms with E-state index < -0.39 is 0 Å². The first-order chi connectivity index (χ1) is 8.65. The maximum absolute atomic E-state index is 9.33. The Morgan fingerprint density at radius 3 is 2.28 bits per heavy atom. The summed E-state index contributed by atoms with van der Waals surface area (Å²) in [7, 11) is 0. The number of anilines is 1. The average Bonchev–Trinajstić information content (AvgIpc) is 2.36. The van der Waals surface area contributed by atoms with E-state index >= 15 is 0 Å². The predicted octanol–water partition coefficient (Wildman–Crippen LogP) is 4.06. The zero-order chi connectivity index (χ0) is 13.0. The number of thioether (sulfide) groups is 1. The summed E-state index contributed by atoms with van der Waals surface area (Å²) >= 11 is 7.63. The Morgan fingerprint density at radius 2 is 1.61 bits per heavy atom. The SMILES string of the molecule is Nc1cc(CSCc2ccc(Cl)cc2)ccc1O. The van der Waals surface area contributed by atoms with Crippen LogP contribution in [-0.2, 0) is 11.5 Å². The van der Waals surface area contributed by atoms with Crippen molar-refractivity contribution in [1.29, 1.82) is 0 Å². The fourth-order valence-corrected chi connectivity index (χ4v) is 2.63. The molecule has 0 bridgehead atoms. The van der Waals surface area contributed by atoms with Crippen LogP contribution in [0.5, 0.6) is 5.75 Å². The molecule has 0 aliphatic rings. The second-order valence-corrected chi connectivity index (χ2v) is 5.43. The maximum Gasteiger partial charge on any atom is 0.138 e. The molecule has 0 radical (unpaired) electrons. The zero-order valence-corrected chi connectivity index (χ0v) is 11.3. The molecule has 0 aromatic heterocycles. The van der Waals surface area contributed by atoms with Crippen molar-refractivity contribution in [2.75, 3.05) is 5.73 Å². The predicted molar refractivity (Wildman–Crippen MR) is 79.0 cm³/mol. The highest BCUT2D eigenvalue weighted by atomic mass is 35.5. The number of benzene rings is 2. The first-order valence-corrected chi connectivity index (χ1v) is 7.08. The minimum Gasteiger partial charge on any atom is -0.506 e. The van der Waals surface area contributed by atoms with Crippen LogP contribution >= 0.6 is 23.4 Å². The second kappa shape index (κ2) is 6.03. The van der Waals surface area contributed by atoms with E-state index in [9.17, 15) is 5.11 Å². The van der Waals surface area contributed by atoms with Gasteiger partial charge in [0.1, 0.15) is 5.75 Å². The van der Waals surface area contributed by atoms with Crippen LogP contribution in [-0.4, -0.2) is 5.11 Å². The second-order valence-electron chi connectivity index (χ2n) is 4.01. The molecule has 0 aliphatic carbocycles. The van der Waals surface area contributed by atoms with Crippen molar-refractivity contribution in [2.24, 2.45) is 0 Å². The molecule has 0 amide bonds. The van der Waals surface area contributed by atoms with Crippen LogP contribution in [0.25, 0.3) is 0 Å². The Morgan fingerprint density at radius 1 is 1.00 bits per heavy atom. The van der Waals surface area contributed by atoms with Gasteiger partial charge < -0.3 is 10.8 Å². The topological polar surface area (TPSA) is 46.2 Å². The zero-order valence-electron chi connectivity index (χ0n) is 9.77. The molecule has 18 heavy (non-hydrogen) atoms. The van der Waals surface area contributed by atoms with Gasteiger partial charge in [-0.05, 0) is 35.4 Å². The van der Waals surface area contributed by atoms with E-state index in [0.717, 1.165) is 22.1 Å². The van der Waals surface area contributed by atoms with Crippen LogP contribution in [0.1, 0.15) is 11.1 Å². The molecule has 0 fully saturated rings. The third kappa shape index (κ3) is 3.59. The normalized spacial score (nSPS) is 10.5. The lowest BCUT2D eigenvalue weighted by Crippen LogP contribution is -1.89. The highest BCUT2D eigenvalue weighted by Gasteiger charge is 2.00. The summed E-state index contributed by atoms with van der Waals surface area (Å²) in [5, 5.41) is 10.1. The van der Waals surface area contributed by atoms with Gasteiger partial charge in [0.05, 0.1) is 5.69 Å². The number of aromatic hydroxyl groups is 1. The Labute approximate surface area is 116 Å². The minimum atomic E-state index is 0.140. The summed E-state index contributed by atoms with van der Waals surface area (Å²) < 4.78 is 0. The number of hydrogen-bond acceptors (Lipinski definition) is 3. The lowest BCUT2D eigenvalue weighted by atomic mass is 10.2. The van der Waals surface area contributed by atoms with E-state index in [1.165, 1.54) is 5.56 Å². The number of hydrogen-bond donors (Lipinski definition) is 2. The average molecular weight is 280 g/mol. The standard InChI is InChI=1S/C14H14ClNOS/c15-12-4-1-10(2-5-12)8-18-9-11-3-6-14(17)13(16)7-11/h1-7,17H,8-9,16H2. The molecular weight excluding hydrogens is 266 g/mol. The van der Waals surface area contributed by atoms with E-state index in [4.69, 9.17) is 17.3 Å². The van der Waals surface area contributed by atoms with Crippen LogP contribution < -0.4 is 5.73 Å². The monoisotopic (exact) mass is 279 g/mol. The van der Waals surface area contributed by atoms with Crippen molar-refractivity contribution in [1.82, 2.24) is 0 Å². The van der Waals surface area contributed by atoms with Crippen LogP contribution in [0.3, 0.4) is 0 Å². The molecule has 3 N–H and O–H groups in total. The summed E-state index contributed by atoms with van der Waals surface area (Å²) in [4.78, 5) is 0. The largest absolute Gasteiger partial charge is 0.506 e. The first kappa shape index (κ1) is 13.1. The summed E-state index contributed by atoms with van der Waals surface area (Å²) in [6.07, 6.45) is 0. The molecule has 0 spiro atoms. The van der Waals surface area contributed by atoms with Gasteiger partial charge in [-0.25, -0.2) is 0 Å². The molecule has 2 aromatic rings. The first-order valence-electron chi connectivity index (χ1n) is 5.55. The highest BCUT2D eigenvalue weighted by Crippen LogP contribution is 2.24. The van der Waals surface area contributed by atoms with Crippen molar-refractivity contribution < 1.29 is 5.11 Å². The fraction of sp³-hybridized carbons (Fsp3) is 0.143. The Bertz CT molecular complexity index is 528. The molecule has 4 heteroatoms. The molecule has 0 unspecified atom stereocenters. The Hall–Kier alpha value is -1.32. The van der Waals surface area contributed by atoms with Crippen molar-refractivity contribution >= 4 is 29.1 Å². The smallest absolute Gasteiger partial charge is 0.138 e. The van der Waals surface area contributed by atoms with Crippen LogP contribution in [0.4, 0.5) is 5.69 Å². The number of phenolic OH excluding ortho intramolecular Hbond substituents is 1. The Kier molecular flexibility index (Phi) is 4.39. The van der Waals surface area contributed by atoms with Gasteiger partial charge >= 0.3 is 0 Å². The van der Waals surface area contributed by atoms with Gasteiger partial charge in [-0.15, -0.1) is 0 Å². The van der Waals surface area contributed by atoms with Crippen LogP contribution in [0, 0.1) is 0 Å². The number of nitrogen functional groups attached to an aromatic ring is 1. The molecule has 0 saturated heterocycles. The summed E-state index contributed by atoms with van der Waals surface area (Å²) in [6.45, 7) is 0. The third-order valence-corrected chi connectivity index (χ3v) is 3.87. The van der Waals surface area contributed by atoms with Gasteiger partial charge in [0, 0.05) is 16.5 Å². The minimum absolute atomic E-state index is 0.140. The van der Waals surface area contributed by atoms with E-state index in [1.807, 2.05) is 36.4 Å². The lowest BCUT2D eigenvalue weighted by molar-refractivity contribution is 0.478. The summed E-state index contributed by atoms with van der Waals surface area (Å²) in [5.41, 5.74) is 8.44. The molecule has 0 heterocycles. The molecule has 94 valence electrons. The van der Waals surface area contributed by atoms with Crippen molar-refractivity contribution in [3.63, 3.8) is 0 Å². The van der Waals surface area contributed by atoms with Gasteiger partial charge in [-0.2, -0.15) is 11.8 Å².